The first kappa shape index (κ1) is 13.0. The molecule has 4 nitrogen and oxygen atoms in total. The minimum absolute atomic E-state index is 0.0156. The summed E-state index contributed by atoms with van der Waals surface area (Å²) in [7, 11) is 0. The smallest absolute Gasteiger partial charge is 0.289 e. The maximum absolute atomic E-state index is 12.5. The first-order valence-corrected chi connectivity index (χ1v) is 7.11. The second kappa shape index (κ2) is 4.85. The predicted octanol–water partition coefficient (Wildman–Crippen LogP) is 3.13. The van der Waals surface area contributed by atoms with Gasteiger partial charge in [0.2, 0.25) is 0 Å². The van der Waals surface area contributed by atoms with E-state index in [9.17, 15) is 4.79 Å². The molecule has 2 aromatic rings. The van der Waals surface area contributed by atoms with Crippen LogP contribution in [-0.4, -0.2) is 23.9 Å². The Morgan fingerprint density at radius 1 is 1.25 bits per heavy atom. The number of fused-ring (bicyclic) bond motifs is 1. The van der Waals surface area contributed by atoms with Crippen LogP contribution in [0.15, 0.2) is 28.7 Å². The second-order valence-electron chi connectivity index (χ2n) is 6.06. The molecule has 1 amide bonds. The maximum atomic E-state index is 12.5. The molecule has 1 saturated heterocycles. The first-order chi connectivity index (χ1) is 9.52. The molecule has 3 rings (SSSR count). The van der Waals surface area contributed by atoms with Gasteiger partial charge in [-0.3, -0.25) is 4.79 Å². The average Bonchev–Trinajstić information content (AvgIpc) is 2.79. The molecular formula is C16H20N2O2. The van der Waals surface area contributed by atoms with Crippen LogP contribution in [0.25, 0.3) is 11.0 Å². The van der Waals surface area contributed by atoms with Crippen LogP contribution in [-0.2, 0) is 0 Å². The number of rotatable bonds is 1. The molecule has 1 aliphatic rings. The summed E-state index contributed by atoms with van der Waals surface area (Å²) < 4.78 is 5.66. The van der Waals surface area contributed by atoms with Crippen molar-refractivity contribution in [1.29, 1.82) is 0 Å². The van der Waals surface area contributed by atoms with E-state index in [-0.39, 0.29) is 5.91 Å². The zero-order valence-electron chi connectivity index (χ0n) is 11.9. The van der Waals surface area contributed by atoms with Crippen molar-refractivity contribution in [1.82, 2.24) is 4.90 Å². The molecule has 1 aromatic carbocycles. The summed E-state index contributed by atoms with van der Waals surface area (Å²) in [6.45, 7) is 6.00. The molecular weight excluding hydrogens is 252 g/mol. The van der Waals surface area contributed by atoms with Gasteiger partial charge in [-0.15, -0.1) is 0 Å². The van der Waals surface area contributed by atoms with Crippen LogP contribution >= 0.6 is 0 Å². The fourth-order valence-corrected chi connectivity index (χ4v) is 3.15. The van der Waals surface area contributed by atoms with Gasteiger partial charge in [0, 0.05) is 24.2 Å². The Bertz CT molecular complexity index is 637. The van der Waals surface area contributed by atoms with Crippen LogP contribution in [0.2, 0.25) is 0 Å². The molecule has 1 fully saturated rings. The Morgan fingerprint density at radius 3 is 2.65 bits per heavy atom. The highest BCUT2D eigenvalue weighted by molar-refractivity contribution is 5.96. The summed E-state index contributed by atoms with van der Waals surface area (Å²) in [5, 5.41) is 0.881. The molecule has 1 aromatic heterocycles. The summed E-state index contributed by atoms with van der Waals surface area (Å²) in [5.41, 5.74) is 7.14. The number of nitrogens with two attached hydrogens (primary N) is 1. The Labute approximate surface area is 118 Å². The quantitative estimate of drug-likeness (QED) is 0.811. The standard InChI is InChI=1S/C16H20N2O2/c1-10-5-11(2)9-18(8-10)16(19)15-7-12-6-13(17)3-4-14(12)20-15/h3-4,6-7,10-11H,5,8-9,17H2,1-2H3. The van der Waals surface area contributed by atoms with E-state index in [2.05, 4.69) is 13.8 Å². The van der Waals surface area contributed by atoms with Crippen LogP contribution in [0.5, 0.6) is 0 Å². The molecule has 0 spiro atoms. The predicted molar refractivity (Wildman–Crippen MR) is 79.5 cm³/mol. The van der Waals surface area contributed by atoms with Gasteiger partial charge in [0.15, 0.2) is 5.76 Å². The summed E-state index contributed by atoms with van der Waals surface area (Å²) in [6, 6.07) is 7.21. The van der Waals surface area contributed by atoms with E-state index >= 15 is 0 Å². The van der Waals surface area contributed by atoms with Crippen molar-refractivity contribution in [2.45, 2.75) is 20.3 Å². The number of furan rings is 1. The lowest BCUT2D eigenvalue weighted by Gasteiger charge is -2.34. The van der Waals surface area contributed by atoms with Crippen molar-refractivity contribution in [2.75, 3.05) is 18.8 Å². The molecule has 0 aliphatic carbocycles. The van der Waals surface area contributed by atoms with Crippen LogP contribution in [0.3, 0.4) is 0 Å². The van der Waals surface area contributed by atoms with E-state index in [1.165, 1.54) is 6.42 Å². The highest BCUT2D eigenvalue weighted by Gasteiger charge is 2.27. The molecule has 2 heterocycles. The second-order valence-corrected chi connectivity index (χ2v) is 6.06. The van der Waals surface area contributed by atoms with E-state index in [0.29, 0.717) is 28.9 Å². The molecule has 4 heteroatoms. The summed E-state index contributed by atoms with van der Waals surface area (Å²) in [4.78, 5) is 14.4. The van der Waals surface area contributed by atoms with Crippen molar-refractivity contribution in [3.63, 3.8) is 0 Å². The topological polar surface area (TPSA) is 59.5 Å². The Morgan fingerprint density at radius 2 is 1.95 bits per heavy atom. The number of amides is 1. The zero-order valence-corrected chi connectivity index (χ0v) is 11.9. The number of hydrogen-bond donors (Lipinski definition) is 1. The highest BCUT2D eigenvalue weighted by Crippen LogP contribution is 2.26. The van der Waals surface area contributed by atoms with E-state index in [1.807, 2.05) is 17.0 Å². The van der Waals surface area contributed by atoms with E-state index < -0.39 is 0 Å². The monoisotopic (exact) mass is 272 g/mol. The molecule has 2 atom stereocenters. The van der Waals surface area contributed by atoms with Crippen molar-refractivity contribution >= 4 is 22.6 Å². The number of carbonyl (C=O) groups is 1. The number of benzene rings is 1. The van der Waals surface area contributed by atoms with Gasteiger partial charge in [0.1, 0.15) is 5.58 Å². The molecule has 0 saturated carbocycles. The SMILES string of the molecule is CC1CC(C)CN(C(=O)c2cc3cc(N)ccc3o2)C1. The van der Waals surface area contributed by atoms with Gasteiger partial charge >= 0.3 is 0 Å². The number of hydrogen-bond acceptors (Lipinski definition) is 3. The van der Waals surface area contributed by atoms with Gasteiger partial charge < -0.3 is 15.1 Å². The normalized spacial score (nSPS) is 23.2. The van der Waals surface area contributed by atoms with Crippen molar-refractivity contribution in [3.05, 3.63) is 30.0 Å². The number of anilines is 1. The fraction of sp³-hybridized carbons (Fsp3) is 0.438. The third kappa shape index (κ3) is 2.38. The van der Waals surface area contributed by atoms with Crippen LogP contribution in [0.1, 0.15) is 30.8 Å². The Balaban J connectivity index is 1.88. The van der Waals surface area contributed by atoms with Crippen LogP contribution in [0, 0.1) is 11.8 Å². The molecule has 0 radical (unpaired) electrons. The lowest BCUT2D eigenvalue weighted by atomic mass is 9.92. The number of carbonyl (C=O) groups excluding carboxylic acids is 1. The molecule has 1 aliphatic heterocycles. The minimum Gasteiger partial charge on any atom is -0.451 e. The third-order valence-electron chi connectivity index (χ3n) is 3.91. The van der Waals surface area contributed by atoms with Gasteiger partial charge in [-0.2, -0.15) is 0 Å². The number of nitrogens with zero attached hydrogens (tertiary/aromatic N) is 1. The van der Waals surface area contributed by atoms with Gasteiger partial charge in [-0.25, -0.2) is 0 Å². The van der Waals surface area contributed by atoms with E-state index in [0.717, 1.165) is 18.5 Å². The fourth-order valence-electron chi connectivity index (χ4n) is 3.15. The average molecular weight is 272 g/mol. The number of piperidine rings is 1. The lowest BCUT2D eigenvalue weighted by Crippen LogP contribution is -2.42. The summed E-state index contributed by atoms with van der Waals surface area (Å²) in [5.74, 6) is 1.48. The highest BCUT2D eigenvalue weighted by atomic mass is 16.3. The number of likely N-dealkylation sites (tertiary alicyclic amines) is 1. The first-order valence-electron chi connectivity index (χ1n) is 7.11. The minimum atomic E-state index is -0.0156. The molecule has 2 unspecified atom stereocenters. The zero-order chi connectivity index (χ0) is 14.3. The van der Waals surface area contributed by atoms with Gasteiger partial charge in [-0.05, 0) is 42.5 Å². The molecule has 0 bridgehead atoms. The molecule has 106 valence electrons. The van der Waals surface area contributed by atoms with Crippen molar-refractivity contribution < 1.29 is 9.21 Å². The van der Waals surface area contributed by atoms with Crippen molar-refractivity contribution in [3.8, 4) is 0 Å². The Kier molecular flexibility index (Phi) is 3.16. The lowest BCUT2D eigenvalue weighted by molar-refractivity contribution is 0.0594. The molecule has 2 N–H and O–H groups in total. The van der Waals surface area contributed by atoms with E-state index in [1.54, 1.807) is 12.1 Å². The van der Waals surface area contributed by atoms with Gasteiger partial charge in [0.05, 0.1) is 0 Å². The summed E-state index contributed by atoms with van der Waals surface area (Å²) >= 11 is 0. The van der Waals surface area contributed by atoms with Gasteiger partial charge in [0.25, 0.3) is 5.91 Å². The van der Waals surface area contributed by atoms with Crippen LogP contribution < -0.4 is 5.73 Å². The Hall–Kier alpha value is -1.97. The molecule has 20 heavy (non-hydrogen) atoms. The van der Waals surface area contributed by atoms with E-state index in [4.69, 9.17) is 10.2 Å². The van der Waals surface area contributed by atoms with Gasteiger partial charge in [-0.1, -0.05) is 13.8 Å². The number of nitrogen functional groups attached to an aromatic ring is 1. The summed E-state index contributed by atoms with van der Waals surface area (Å²) in [6.07, 6.45) is 1.18. The van der Waals surface area contributed by atoms with Crippen LogP contribution in [0.4, 0.5) is 5.69 Å². The largest absolute Gasteiger partial charge is 0.451 e. The maximum Gasteiger partial charge on any atom is 0.289 e. The van der Waals surface area contributed by atoms with Crippen molar-refractivity contribution in [2.24, 2.45) is 11.8 Å². The third-order valence-corrected chi connectivity index (χ3v) is 3.91.